The summed E-state index contributed by atoms with van der Waals surface area (Å²) in [5.74, 6) is 0.323. The highest BCUT2D eigenvalue weighted by atomic mass is 16.2. The number of hydrogen-bond acceptors (Lipinski definition) is 3. The first-order valence-corrected chi connectivity index (χ1v) is 10.1. The molecule has 2 aliphatic heterocycles. The lowest BCUT2D eigenvalue weighted by atomic mass is 9.77. The quantitative estimate of drug-likeness (QED) is 0.813. The molecular weight excluding hydrogens is 334 g/mol. The Balaban J connectivity index is 1.32. The standard InChI is InChI=1S/C23H29N3O/c1-2-19-8-9-21(24-15-19)17-25-12-10-23(11-13-25)14-22(27)26(18-23)16-20-6-4-3-5-7-20/h3-9,15H,2,10-14,16-18H2,1H3. The van der Waals surface area contributed by atoms with Gasteiger partial charge in [-0.1, -0.05) is 43.3 Å². The van der Waals surface area contributed by atoms with Gasteiger partial charge in [0, 0.05) is 32.3 Å². The number of nitrogens with zero attached hydrogens (tertiary/aromatic N) is 3. The Bertz CT molecular complexity index is 764. The number of benzene rings is 1. The highest BCUT2D eigenvalue weighted by Gasteiger charge is 2.44. The van der Waals surface area contributed by atoms with E-state index in [9.17, 15) is 4.79 Å². The van der Waals surface area contributed by atoms with Crippen LogP contribution in [0.5, 0.6) is 0 Å². The molecular formula is C23H29N3O. The van der Waals surface area contributed by atoms with E-state index in [1.807, 2.05) is 24.4 Å². The molecule has 2 aromatic rings. The molecule has 0 atom stereocenters. The summed E-state index contributed by atoms with van der Waals surface area (Å²) in [7, 11) is 0. The van der Waals surface area contributed by atoms with E-state index >= 15 is 0 Å². The summed E-state index contributed by atoms with van der Waals surface area (Å²) in [6, 6.07) is 14.7. The molecule has 4 heteroatoms. The van der Waals surface area contributed by atoms with Crippen LogP contribution in [0.3, 0.4) is 0 Å². The SMILES string of the molecule is CCc1ccc(CN2CCC3(CC2)CC(=O)N(Cc2ccccc2)C3)nc1. The molecule has 2 aliphatic rings. The van der Waals surface area contributed by atoms with Crippen LogP contribution < -0.4 is 0 Å². The minimum atomic E-state index is 0.182. The Hall–Kier alpha value is -2.20. The van der Waals surface area contributed by atoms with Gasteiger partial charge in [0.25, 0.3) is 0 Å². The fourth-order valence-corrected chi connectivity index (χ4v) is 4.44. The Kier molecular flexibility index (Phi) is 5.26. The zero-order valence-electron chi connectivity index (χ0n) is 16.2. The third-order valence-electron chi connectivity index (χ3n) is 6.22. The third kappa shape index (κ3) is 4.22. The van der Waals surface area contributed by atoms with Gasteiger partial charge in [0.1, 0.15) is 0 Å². The minimum absolute atomic E-state index is 0.182. The van der Waals surface area contributed by atoms with Gasteiger partial charge in [-0.3, -0.25) is 14.7 Å². The van der Waals surface area contributed by atoms with E-state index in [0.717, 1.165) is 64.1 Å². The Labute approximate surface area is 162 Å². The second-order valence-electron chi connectivity index (χ2n) is 8.20. The van der Waals surface area contributed by atoms with Gasteiger partial charge in [-0.05, 0) is 55.0 Å². The zero-order valence-corrected chi connectivity index (χ0v) is 16.2. The lowest BCUT2D eigenvalue weighted by Crippen LogP contribution is -2.41. The molecule has 4 rings (SSSR count). The molecule has 2 saturated heterocycles. The number of carbonyl (C=O) groups excluding carboxylic acids is 1. The van der Waals surface area contributed by atoms with Crippen molar-refractivity contribution in [3.63, 3.8) is 0 Å². The number of pyridine rings is 1. The molecule has 0 N–H and O–H groups in total. The number of amides is 1. The highest BCUT2D eigenvalue weighted by Crippen LogP contribution is 2.41. The van der Waals surface area contributed by atoms with Crippen molar-refractivity contribution in [2.45, 2.75) is 45.7 Å². The van der Waals surface area contributed by atoms with Crippen LogP contribution >= 0.6 is 0 Å². The van der Waals surface area contributed by atoms with Crippen LogP contribution in [0.1, 0.15) is 43.0 Å². The molecule has 1 aromatic carbocycles. The van der Waals surface area contributed by atoms with Crippen molar-refractivity contribution < 1.29 is 4.79 Å². The maximum Gasteiger partial charge on any atom is 0.223 e. The number of piperidine rings is 1. The van der Waals surface area contributed by atoms with Gasteiger partial charge in [-0.25, -0.2) is 0 Å². The molecule has 3 heterocycles. The molecule has 27 heavy (non-hydrogen) atoms. The van der Waals surface area contributed by atoms with Crippen molar-refractivity contribution in [2.75, 3.05) is 19.6 Å². The summed E-state index contributed by atoms with van der Waals surface area (Å²) in [6.45, 7) is 6.86. The van der Waals surface area contributed by atoms with Gasteiger partial charge in [0.05, 0.1) is 5.69 Å². The fraction of sp³-hybridized carbons (Fsp3) is 0.478. The van der Waals surface area contributed by atoms with Crippen molar-refractivity contribution >= 4 is 5.91 Å². The summed E-state index contributed by atoms with van der Waals surface area (Å²) >= 11 is 0. The van der Waals surface area contributed by atoms with Gasteiger partial charge in [-0.15, -0.1) is 0 Å². The van der Waals surface area contributed by atoms with Crippen LogP contribution in [0.25, 0.3) is 0 Å². The molecule has 0 unspecified atom stereocenters. The summed E-state index contributed by atoms with van der Waals surface area (Å²) in [5.41, 5.74) is 3.85. The minimum Gasteiger partial charge on any atom is -0.338 e. The van der Waals surface area contributed by atoms with Crippen molar-refractivity contribution in [3.05, 3.63) is 65.5 Å². The number of hydrogen-bond donors (Lipinski definition) is 0. The van der Waals surface area contributed by atoms with Crippen LogP contribution in [-0.4, -0.2) is 40.3 Å². The molecule has 4 nitrogen and oxygen atoms in total. The highest BCUT2D eigenvalue weighted by molar-refractivity contribution is 5.79. The molecule has 0 aliphatic carbocycles. The van der Waals surface area contributed by atoms with Crippen LogP contribution in [0, 0.1) is 5.41 Å². The second-order valence-corrected chi connectivity index (χ2v) is 8.20. The van der Waals surface area contributed by atoms with Crippen LogP contribution in [0.4, 0.5) is 0 Å². The van der Waals surface area contributed by atoms with E-state index in [0.29, 0.717) is 5.91 Å². The van der Waals surface area contributed by atoms with Crippen molar-refractivity contribution in [3.8, 4) is 0 Å². The first-order chi connectivity index (χ1) is 13.2. The second kappa shape index (κ2) is 7.81. The molecule has 1 amide bonds. The number of aryl methyl sites for hydroxylation is 1. The maximum atomic E-state index is 12.6. The predicted molar refractivity (Wildman–Crippen MR) is 107 cm³/mol. The van der Waals surface area contributed by atoms with E-state index in [1.54, 1.807) is 0 Å². The largest absolute Gasteiger partial charge is 0.338 e. The third-order valence-corrected chi connectivity index (χ3v) is 6.22. The molecule has 1 aromatic heterocycles. The van der Waals surface area contributed by atoms with E-state index < -0.39 is 0 Å². The smallest absolute Gasteiger partial charge is 0.223 e. The van der Waals surface area contributed by atoms with Gasteiger partial charge in [0.2, 0.25) is 5.91 Å². The van der Waals surface area contributed by atoms with Crippen LogP contribution in [0.2, 0.25) is 0 Å². The average Bonchev–Trinajstić information content (AvgIpc) is 3.00. The van der Waals surface area contributed by atoms with Gasteiger partial charge < -0.3 is 4.90 Å². The lowest BCUT2D eigenvalue weighted by molar-refractivity contribution is -0.128. The normalized spacial score (nSPS) is 19.7. The first kappa shape index (κ1) is 18.2. The number of rotatable bonds is 5. The van der Waals surface area contributed by atoms with Crippen LogP contribution in [0.15, 0.2) is 48.7 Å². The van der Waals surface area contributed by atoms with Gasteiger partial charge >= 0.3 is 0 Å². The number of aromatic nitrogens is 1. The van der Waals surface area contributed by atoms with Gasteiger partial charge in [0.15, 0.2) is 0 Å². The zero-order chi connectivity index (χ0) is 18.7. The Morgan fingerprint density at radius 3 is 2.44 bits per heavy atom. The molecule has 0 bridgehead atoms. The molecule has 0 saturated carbocycles. The van der Waals surface area contributed by atoms with E-state index in [-0.39, 0.29) is 5.41 Å². The van der Waals surface area contributed by atoms with E-state index in [2.05, 4.69) is 46.0 Å². The number of carbonyl (C=O) groups is 1. The molecule has 142 valence electrons. The first-order valence-electron chi connectivity index (χ1n) is 10.1. The summed E-state index contributed by atoms with van der Waals surface area (Å²) in [5, 5.41) is 0. The van der Waals surface area contributed by atoms with E-state index in [1.165, 1.54) is 11.1 Å². The molecule has 2 fully saturated rings. The summed E-state index contributed by atoms with van der Waals surface area (Å²) < 4.78 is 0. The monoisotopic (exact) mass is 363 g/mol. The molecule has 0 radical (unpaired) electrons. The fourth-order valence-electron chi connectivity index (χ4n) is 4.44. The van der Waals surface area contributed by atoms with Crippen molar-refractivity contribution in [1.82, 2.24) is 14.8 Å². The van der Waals surface area contributed by atoms with Gasteiger partial charge in [-0.2, -0.15) is 0 Å². The van der Waals surface area contributed by atoms with Crippen LogP contribution in [-0.2, 0) is 24.3 Å². The maximum absolute atomic E-state index is 12.6. The number of likely N-dealkylation sites (tertiary alicyclic amines) is 2. The molecule has 1 spiro atoms. The predicted octanol–water partition coefficient (Wildman–Crippen LogP) is 3.66. The van der Waals surface area contributed by atoms with Crippen molar-refractivity contribution in [2.24, 2.45) is 5.41 Å². The average molecular weight is 364 g/mol. The topological polar surface area (TPSA) is 36.4 Å². The summed E-state index contributed by atoms with van der Waals surface area (Å²) in [6.07, 6.45) is 5.97. The summed E-state index contributed by atoms with van der Waals surface area (Å²) in [4.78, 5) is 21.7. The Morgan fingerprint density at radius 1 is 1.00 bits per heavy atom. The van der Waals surface area contributed by atoms with E-state index in [4.69, 9.17) is 0 Å². The van der Waals surface area contributed by atoms with Crippen molar-refractivity contribution in [1.29, 1.82) is 0 Å². The Morgan fingerprint density at radius 2 is 1.78 bits per heavy atom. The lowest BCUT2D eigenvalue weighted by Gasteiger charge is -2.38.